The topological polar surface area (TPSA) is 135 Å². The van der Waals surface area contributed by atoms with Gasteiger partial charge in [0.2, 0.25) is 0 Å². The molecule has 11 nitrogen and oxygen atoms in total. The Morgan fingerprint density at radius 1 is 0.788 bits per heavy atom. The highest BCUT2D eigenvalue weighted by atomic mass is 32.2. The number of hydrogen-bond acceptors (Lipinski definition) is 12. The average Bonchev–Trinajstić information content (AvgIpc) is 3.84. The first kappa shape index (κ1) is 44.0. The third-order valence-corrected chi connectivity index (χ3v) is 13.8. The van der Waals surface area contributed by atoms with Crippen molar-refractivity contribution < 1.29 is 24.0 Å². The van der Waals surface area contributed by atoms with Crippen molar-refractivity contribution in [2.45, 2.75) is 29.5 Å². The van der Waals surface area contributed by atoms with Crippen LogP contribution in [0.3, 0.4) is 0 Å². The zero-order valence-corrected chi connectivity index (χ0v) is 38.0. The van der Waals surface area contributed by atoms with Crippen LogP contribution in [0, 0.1) is 0 Å². The number of aromatic nitrogens is 2. The Balaban J connectivity index is 0.992. The third kappa shape index (κ3) is 8.90. The molecule has 1 fully saturated rings. The Kier molecular flexibility index (Phi) is 13.2. The molecule has 66 heavy (non-hydrogen) atoms. The van der Waals surface area contributed by atoms with E-state index in [0.29, 0.717) is 27.0 Å². The number of nitrogens with zero attached hydrogens (tertiary/aromatic N) is 4. The Labute approximate surface area is 395 Å². The third-order valence-electron chi connectivity index (χ3n) is 11.3. The highest BCUT2D eigenvalue weighted by molar-refractivity contribution is 8.00. The van der Waals surface area contributed by atoms with Crippen LogP contribution in [0.25, 0.3) is 0 Å². The zero-order chi connectivity index (χ0) is 45.5. The van der Waals surface area contributed by atoms with Gasteiger partial charge in [0.1, 0.15) is 35.5 Å². The molecule has 2 aliphatic rings. The van der Waals surface area contributed by atoms with E-state index in [1.807, 2.05) is 127 Å². The molecule has 14 heteroatoms. The van der Waals surface area contributed by atoms with Crippen molar-refractivity contribution in [2.24, 2.45) is 5.16 Å². The number of β-lactam (4-membered cyclic amide) rings is 1. The number of thioether (sulfide) groups is 1. The summed E-state index contributed by atoms with van der Waals surface area (Å²) in [5, 5.41) is 12.3. The molecule has 5 aromatic carbocycles. The van der Waals surface area contributed by atoms with Crippen molar-refractivity contribution in [2.75, 3.05) is 18.2 Å². The average molecular weight is 927 g/mol. The fourth-order valence-corrected chi connectivity index (χ4v) is 10.6. The van der Waals surface area contributed by atoms with Crippen LogP contribution < -0.4 is 10.6 Å². The zero-order valence-electron chi connectivity index (χ0n) is 35.5. The minimum absolute atomic E-state index is 0.101. The lowest BCUT2D eigenvalue weighted by Crippen LogP contribution is -2.71. The number of benzene rings is 5. The molecule has 0 spiro atoms. The van der Waals surface area contributed by atoms with Crippen molar-refractivity contribution >= 4 is 68.8 Å². The standard InChI is InChI=1S/C52H42N6O5S3/c1-62-57-43(41-33-66-51(54-41)56-52(37-23-11-4-12-24-37,38-25-13-5-14-26-38)39-27-15-6-16-28-39)47(59)55-44-48(60)58-45(36(32-65-49(44)58)31-42(64)40-29-17-18-30-53-40)50(61)63-46(34-19-7-2-8-20-34)35-21-9-3-10-22-35/h2-30,33,44,46,49H,31-32H2,1H3,(H,54,56)(H,55,59). The van der Waals surface area contributed by atoms with Crippen LogP contribution in [-0.2, 0) is 29.5 Å². The number of thiazole rings is 1. The molecule has 0 saturated carbocycles. The number of nitrogens with one attached hydrogen (secondary N) is 2. The molecule has 1 saturated heterocycles. The summed E-state index contributed by atoms with van der Waals surface area (Å²) in [7, 11) is 1.34. The number of rotatable bonds is 16. The maximum absolute atomic E-state index is 14.6. The van der Waals surface area contributed by atoms with Gasteiger partial charge in [-0.05, 0) is 45.5 Å². The molecule has 2 aromatic heterocycles. The maximum atomic E-state index is 14.6. The van der Waals surface area contributed by atoms with Gasteiger partial charge in [0.15, 0.2) is 16.9 Å². The SMILES string of the molecule is CON=C(C(=O)NC1C(=O)N2C(C(=O)OC(c3ccccc3)c3ccccc3)=C(CC(=S)c3ccccn3)CSC12)c1csc(NC(c2ccccc2)(c2ccccc2)c2ccccc2)n1. The van der Waals surface area contributed by atoms with Crippen LogP contribution in [0.15, 0.2) is 198 Å². The number of fused-ring (bicyclic) bond motifs is 1. The smallest absolute Gasteiger partial charge is 0.356 e. The minimum Gasteiger partial charge on any atom is -0.448 e. The first-order chi connectivity index (χ1) is 32.4. The quantitative estimate of drug-likeness (QED) is 0.0184. The van der Waals surface area contributed by atoms with Crippen LogP contribution in [0.5, 0.6) is 0 Å². The highest BCUT2D eigenvalue weighted by Gasteiger charge is 2.55. The van der Waals surface area contributed by atoms with E-state index in [2.05, 4.69) is 57.2 Å². The Bertz CT molecular complexity index is 2770. The van der Waals surface area contributed by atoms with E-state index in [-0.39, 0.29) is 23.5 Å². The number of carbonyl (C=O) groups is 3. The number of oxime groups is 1. The minimum atomic E-state index is -1.01. The Hall–Kier alpha value is -7.26. The molecule has 2 unspecified atom stereocenters. The summed E-state index contributed by atoms with van der Waals surface area (Å²) in [5.41, 5.74) is 5.05. The van der Waals surface area contributed by atoms with Crippen molar-refractivity contribution in [1.29, 1.82) is 0 Å². The summed E-state index contributed by atoms with van der Waals surface area (Å²) in [6, 6.07) is 53.7. The van der Waals surface area contributed by atoms with E-state index in [9.17, 15) is 14.4 Å². The lowest BCUT2D eigenvalue weighted by molar-refractivity contribution is -0.154. The lowest BCUT2D eigenvalue weighted by Gasteiger charge is -2.49. The van der Waals surface area contributed by atoms with Crippen molar-refractivity contribution in [3.8, 4) is 0 Å². The first-order valence-corrected chi connectivity index (χ1v) is 23.4. The van der Waals surface area contributed by atoms with E-state index in [1.165, 1.54) is 35.1 Å². The number of thiocarbonyl (C=S) groups is 1. The molecule has 0 aliphatic carbocycles. The molecular formula is C52H42N6O5S3. The second-order valence-electron chi connectivity index (χ2n) is 15.4. The molecule has 328 valence electrons. The fraction of sp³-hybridized carbons (Fsp3) is 0.135. The van der Waals surface area contributed by atoms with E-state index in [4.69, 9.17) is 26.8 Å². The number of amides is 2. The second-order valence-corrected chi connectivity index (χ2v) is 17.8. The van der Waals surface area contributed by atoms with Gasteiger partial charge < -0.3 is 20.2 Å². The molecule has 0 bridgehead atoms. The van der Waals surface area contributed by atoms with Crippen molar-refractivity contribution in [3.05, 3.63) is 232 Å². The lowest BCUT2D eigenvalue weighted by atomic mass is 9.77. The van der Waals surface area contributed by atoms with Gasteiger partial charge in [-0.25, -0.2) is 9.78 Å². The normalized spacial score (nSPS) is 15.9. The van der Waals surface area contributed by atoms with E-state index >= 15 is 0 Å². The molecule has 2 aliphatic heterocycles. The van der Waals surface area contributed by atoms with Gasteiger partial charge in [0.05, 0.1) is 5.69 Å². The summed E-state index contributed by atoms with van der Waals surface area (Å²) in [6.07, 6.45) is 1.09. The van der Waals surface area contributed by atoms with Crippen molar-refractivity contribution in [1.82, 2.24) is 20.2 Å². The van der Waals surface area contributed by atoms with Crippen molar-refractivity contribution in [3.63, 3.8) is 0 Å². The molecule has 0 radical (unpaired) electrons. The number of anilines is 1. The summed E-state index contributed by atoms with van der Waals surface area (Å²) in [4.78, 5) is 59.7. The van der Waals surface area contributed by atoms with Gasteiger partial charge in [-0.2, -0.15) is 0 Å². The number of carbonyl (C=O) groups excluding carboxylic acids is 3. The molecule has 2 amide bonds. The molecule has 2 atom stereocenters. The van der Waals surface area contributed by atoms with Crippen LogP contribution >= 0.6 is 35.3 Å². The van der Waals surface area contributed by atoms with Crippen LogP contribution in [0.2, 0.25) is 0 Å². The number of hydrogen-bond donors (Lipinski definition) is 2. The van der Waals surface area contributed by atoms with Crippen LogP contribution in [0.4, 0.5) is 5.13 Å². The summed E-state index contributed by atoms with van der Waals surface area (Å²) >= 11 is 8.56. The highest BCUT2D eigenvalue weighted by Crippen LogP contribution is 2.44. The van der Waals surface area contributed by atoms with Gasteiger partial charge in [0, 0.05) is 28.6 Å². The van der Waals surface area contributed by atoms with E-state index in [1.54, 1.807) is 17.6 Å². The summed E-state index contributed by atoms with van der Waals surface area (Å²) in [6.45, 7) is 0. The van der Waals surface area contributed by atoms with Gasteiger partial charge in [-0.15, -0.1) is 23.1 Å². The predicted molar refractivity (Wildman–Crippen MR) is 262 cm³/mol. The Morgan fingerprint density at radius 2 is 1.33 bits per heavy atom. The largest absolute Gasteiger partial charge is 0.448 e. The van der Waals surface area contributed by atoms with Gasteiger partial charge in [-0.3, -0.25) is 19.5 Å². The molecular weight excluding hydrogens is 885 g/mol. The first-order valence-electron chi connectivity index (χ1n) is 21.1. The van der Waals surface area contributed by atoms with E-state index < -0.39 is 40.8 Å². The van der Waals surface area contributed by atoms with Crippen LogP contribution in [-0.4, -0.2) is 67.5 Å². The predicted octanol–water partition coefficient (Wildman–Crippen LogP) is 9.09. The summed E-state index contributed by atoms with van der Waals surface area (Å²) < 4.78 is 6.35. The number of esters is 1. The number of pyridine rings is 1. The van der Waals surface area contributed by atoms with Gasteiger partial charge in [-0.1, -0.05) is 175 Å². The van der Waals surface area contributed by atoms with E-state index in [0.717, 1.165) is 27.8 Å². The Morgan fingerprint density at radius 3 is 1.86 bits per heavy atom. The molecule has 9 rings (SSSR count). The second kappa shape index (κ2) is 19.9. The maximum Gasteiger partial charge on any atom is 0.356 e. The molecule has 4 heterocycles. The van der Waals surface area contributed by atoms with Gasteiger partial charge >= 0.3 is 5.97 Å². The monoisotopic (exact) mass is 926 g/mol. The van der Waals surface area contributed by atoms with Crippen LogP contribution in [0.1, 0.15) is 51.7 Å². The van der Waals surface area contributed by atoms with Gasteiger partial charge in [0.25, 0.3) is 11.8 Å². The number of ether oxygens (including phenoxy) is 1. The summed E-state index contributed by atoms with van der Waals surface area (Å²) in [5.74, 6) is -1.50. The molecule has 7 aromatic rings. The fourth-order valence-electron chi connectivity index (χ4n) is 8.25. The molecule has 2 N–H and O–H groups in total.